The number of unbranched alkanes of at least 4 members (excludes halogenated alkanes) is 12. The molecule has 0 atom stereocenters. The molecule has 2 aromatic rings. The monoisotopic (exact) mass is 422 g/mol. The van der Waals surface area contributed by atoms with Crippen molar-refractivity contribution in [1.82, 2.24) is 0 Å². The van der Waals surface area contributed by atoms with Crippen molar-refractivity contribution >= 4 is 5.78 Å². The minimum absolute atomic E-state index is 0.0581. The van der Waals surface area contributed by atoms with Crippen molar-refractivity contribution in [2.75, 3.05) is 7.11 Å². The van der Waals surface area contributed by atoms with Crippen molar-refractivity contribution in [3.8, 4) is 5.75 Å². The third kappa shape index (κ3) is 9.29. The Kier molecular flexibility index (Phi) is 12.7. The van der Waals surface area contributed by atoms with E-state index in [1.165, 1.54) is 77.0 Å². The predicted octanol–water partition coefficient (Wildman–Crippen LogP) is 8.56. The van der Waals surface area contributed by atoms with Crippen molar-refractivity contribution in [2.24, 2.45) is 0 Å². The number of hydrogen-bond donors (Lipinski definition) is 0. The van der Waals surface area contributed by atoms with Gasteiger partial charge in [0.15, 0.2) is 5.78 Å². The summed E-state index contributed by atoms with van der Waals surface area (Å²) in [6.07, 6.45) is 18.6. The van der Waals surface area contributed by atoms with E-state index in [0.717, 1.165) is 24.0 Å². The zero-order chi connectivity index (χ0) is 22.2. The van der Waals surface area contributed by atoms with Crippen LogP contribution in [0.15, 0.2) is 48.5 Å². The van der Waals surface area contributed by atoms with Crippen LogP contribution >= 0.6 is 0 Å². The summed E-state index contributed by atoms with van der Waals surface area (Å²) in [5.41, 5.74) is 2.61. The van der Waals surface area contributed by atoms with E-state index in [-0.39, 0.29) is 5.78 Å². The fourth-order valence-electron chi connectivity index (χ4n) is 4.27. The van der Waals surface area contributed by atoms with Gasteiger partial charge in [0.1, 0.15) is 5.75 Å². The third-order valence-corrected chi connectivity index (χ3v) is 6.16. The largest absolute Gasteiger partial charge is 0.496 e. The smallest absolute Gasteiger partial charge is 0.197 e. The van der Waals surface area contributed by atoms with Crippen molar-refractivity contribution in [1.29, 1.82) is 0 Å². The number of aryl methyl sites for hydroxylation is 1. The van der Waals surface area contributed by atoms with Crippen LogP contribution in [0.4, 0.5) is 0 Å². The van der Waals surface area contributed by atoms with Crippen LogP contribution in [-0.4, -0.2) is 12.9 Å². The van der Waals surface area contributed by atoms with Crippen LogP contribution in [-0.2, 0) is 6.42 Å². The summed E-state index contributed by atoms with van der Waals surface area (Å²) in [5.74, 6) is 0.700. The molecule has 0 N–H and O–H groups in total. The number of methoxy groups -OCH3 is 1. The van der Waals surface area contributed by atoms with Gasteiger partial charge in [0, 0.05) is 5.56 Å². The fourth-order valence-corrected chi connectivity index (χ4v) is 4.27. The average molecular weight is 423 g/mol. The molecule has 170 valence electrons. The summed E-state index contributed by atoms with van der Waals surface area (Å²) >= 11 is 0. The lowest BCUT2D eigenvalue weighted by Crippen LogP contribution is -2.07. The van der Waals surface area contributed by atoms with Crippen molar-refractivity contribution < 1.29 is 9.53 Å². The maximum Gasteiger partial charge on any atom is 0.197 e. The second-order valence-corrected chi connectivity index (χ2v) is 8.68. The van der Waals surface area contributed by atoms with E-state index < -0.39 is 0 Å². The van der Waals surface area contributed by atoms with Crippen LogP contribution in [0.5, 0.6) is 5.75 Å². The molecule has 2 heteroatoms. The molecule has 0 aliphatic carbocycles. The zero-order valence-corrected chi connectivity index (χ0v) is 19.8. The van der Waals surface area contributed by atoms with Crippen molar-refractivity contribution in [2.45, 2.75) is 96.8 Å². The maximum atomic E-state index is 13.1. The molecule has 0 heterocycles. The van der Waals surface area contributed by atoms with Crippen LogP contribution in [0, 0.1) is 0 Å². The summed E-state index contributed by atoms with van der Waals surface area (Å²) in [6.45, 7) is 2.28. The van der Waals surface area contributed by atoms with Gasteiger partial charge < -0.3 is 4.74 Å². The molecular weight excluding hydrogens is 380 g/mol. The predicted molar refractivity (Wildman–Crippen MR) is 132 cm³/mol. The highest BCUT2D eigenvalue weighted by Gasteiger charge is 2.16. The van der Waals surface area contributed by atoms with Gasteiger partial charge in [-0.25, -0.2) is 0 Å². The minimum Gasteiger partial charge on any atom is -0.496 e. The molecule has 2 nitrogen and oxygen atoms in total. The SMILES string of the molecule is CCCCCCCCCCCCCCCc1ccccc1C(=O)c1ccccc1OC. The van der Waals surface area contributed by atoms with Gasteiger partial charge in [-0.05, 0) is 30.5 Å². The minimum atomic E-state index is 0.0581. The Morgan fingerprint density at radius 2 is 1.13 bits per heavy atom. The van der Waals surface area contributed by atoms with Gasteiger partial charge in [-0.15, -0.1) is 0 Å². The number of carbonyl (C=O) groups is 1. The first-order valence-corrected chi connectivity index (χ1v) is 12.5. The summed E-state index contributed by atoms with van der Waals surface area (Å²) in [7, 11) is 1.62. The number of carbonyl (C=O) groups excluding carboxylic acids is 1. The number of ether oxygens (including phenoxy) is 1. The van der Waals surface area contributed by atoms with Crippen molar-refractivity contribution in [3.05, 3.63) is 65.2 Å². The molecule has 0 saturated carbocycles. The van der Waals surface area contributed by atoms with Gasteiger partial charge in [-0.2, -0.15) is 0 Å². The Labute approximate surface area is 190 Å². The molecule has 31 heavy (non-hydrogen) atoms. The number of ketones is 1. The Balaban J connectivity index is 1.66. The van der Waals surface area contributed by atoms with E-state index in [4.69, 9.17) is 4.74 Å². The third-order valence-electron chi connectivity index (χ3n) is 6.16. The molecular formula is C29H42O2. The summed E-state index contributed by atoms with van der Waals surface area (Å²) < 4.78 is 5.39. The molecule has 0 aromatic heterocycles. The molecule has 0 radical (unpaired) electrons. The van der Waals surface area contributed by atoms with E-state index in [1.807, 2.05) is 42.5 Å². The van der Waals surface area contributed by atoms with Crippen LogP contribution < -0.4 is 4.74 Å². The van der Waals surface area contributed by atoms with E-state index in [1.54, 1.807) is 7.11 Å². The molecule has 0 bridgehead atoms. The van der Waals surface area contributed by atoms with Gasteiger partial charge >= 0.3 is 0 Å². The summed E-state index contributed by atoms with van der Waals surface area (Å²) in [4.78, 5) is 13.1. The number of hydrogen-bond acceptors (Lipinski definition) is 2. The van der Waals surface area contributed by atoms with Gasteiger partial charge in [-0.3, -0.25) is 4.79 Å². The quantitative estimate of drug-likeness (QED) is 0.188. The lowest BCUT2D eigenvalue weighted by Gasteiger charge is -2.11. The second-order valence-electron chi connectivity index (χ2n) is 8.68. The number of rotatable bonds is 17. The summed E-state index contributed by atoms with van der Waals surface area (Å²) in [6, 6.07) is 15.5. The molecule has 2 rings (SSSR count). The second kappa shape index (κ2) is 15.7. The van der Waals surface area contributed by atoms with E-state index >= 15 is 0 Å². The highest BCUT2D eigenvalue weighted by atomic mass is 16.5. The van der Waals surface area contributed by atoms with Gasteiger partial charge in [0.2, 0.25) is 0 Å². The van der Waals surface area contributed by atoms with Gasteiger partial charge in [-0.1, -0.05) is 120 Å². The molecule has 0 spiro atoms. The first-order chi connectivity index (χ1) is 15.3. The van der Waals surface area contributed by atoms with Gasteiger partial charge in [0.25, 0.3) is 0 Å². The Morgan fingerprint density at radius 3 is 1.71 bits per heavy atom. The average Bonchev–Trinajstić information content (AvgIpc) is 2.81. The molecule has 0 fully saturated rings. The Hall–Kier alpha value is -2.09. The van der Waals surface area contributed by atoms with E-state index in [0.29, 0.717) is 11.3 Å². The highest BCUT2D eigenvalue weighted by molar-refractivity contribution is 6.11. The lowest BCUT2D eigenvalue weighted by atomic mass is 9.94. The molecule has 0 unspecified atom stereocenters. The zero-order valence-electron chi connectivity index (χ0n) is 19.8. The molecule has 0 amide bonds. The molecule has 2 aromatic carbocycles. The van der Waals surface area contributed by atoms with E-state index in [2.05, 4.69) is 13.0 Å². The lowest BCUT2D eigenvalue weighted by molar-refractivity contribution is 0.103. The maximum absolute atomic E-state index is 13.1. The normalized spacial score (nSPS) is 10.9. The van der Waals surface area contributed by atoms with Crippen LogP contribution in [0.1, 0.15) is 112 Å². The number of para-hydroxylation sites is 1. The van der Waals surface area contributed by atoms with Crippen LogP contribution in [0.25, 0.3) is 0 Å². The van der Waals surface area contributed by atoms with Crippen LogP contribution in [0.3, 0.4) is 0 Å². The van der Waals surface area contributed by atoms with Crippen molar-refractivity contribution in [3.63, 3.8) is 0 Å². The summed E-state index contributed by atoms with van der Waals surface area (Å²) in [5, 5.41) is 0. The highest BCUT2D eigenvalue weighted by Crippen LogP contribution is 2.24. The van der Waals surface area contributed by atoms with Crippen LogP contribution in [0.2, 0.25) is 0 Å². The number of benzene rings is 2. The first kappa shape index (κ1) is 25.2. The molecule has 0 saturated heterocycles. The molecule has 0 aliphatic rings. The topological polar surface area (TPSA) is 26.3 Å². The van der Waals surface area contributed by atoms with Gasteiger partial charge in [0.05, 0.1) is 12.7 Å². The molecule has 0 aliphatic heterocycles. The Morgan fingerprint density at radius 1 is 0.645 bits per heavy atom. The standard InChI is InChI=1S/C29H42O2/c1-3-4-5-6-7-8-9-10-11-12-13-14-15-20-25-21-16-17-22-26(25)29(30)27-23-18-19-24-28(27)31-2/h16-19,21-24H,3-15,20H2,1-2H3. The first-order valence-electron chi connectivity index (χ1n) is 12.5. The fraction of sp³-hybridized carbons (Fsp3) is 0.552. The Bertz CT molecular complexity index is 750. The van der Waals surface area contributed by atoms with E-state index in [9.17, 15) is 4.79 Å².